The fourth-order valence-electron chi connectivity index (χ4n) is 14.6. The summed E-state index contributed by atoms with van der Waals surface area (Å²) < 4.78 is 0. The summed E-state index contributed by atoms with van der Waals surface area (Å²) in [7, 11) is 0. The first-order valence-corrected chi connectivity index (χ1v) is 47.2. The van der Waals surface area contributed by atoms with Crippen LogP contribution in [0.1, 0.15) is 329 Å². The van der Waals surface area contributed by atoms with E-state index in [4.69, 9.17) is 40.1 Å². The highest BCUT2D eigenvalue weighted by Crippen LogP contribution is 2.20. The van der Waals surface area contributed by atoms with Crippen molar-refractivity contribution < 1.29 is 67.1 Å². The molecule has 0 radical (unpaired) electrons. The molecule has 0 heterocycles. The minimum Gasteiger partial charge on any atom is -0.368 e. The molecular formula is C90H174N20O14. The lowest BCUT2D eigenvalue weighted by molar-refractivity contribution is -0.137. The van der Waals surface area contributed by atoms with Crippen LogP contribution >= 0.6 is 0 Å². The van der Waals surface area contributed by atoms with Gasteiger partial charge in [-0.2, -0.15) is 0 Å². The molecule has 0 rings (SSSR count). The van der Waals surface area contributed by atoms with E-state index in [0.29, 0.717) is 110 Å². The van der Waals surface area contributed by atoms with Crippen LogP contribution in [0.2, 0.25) is 0 Å². The maximum absolute atomic E-state index is 14.9. The maximum atomic E-state index is 14.9. The molecule has 0 aliphatic heterocycles. The Morgan fingerprint density at radius 1 is 0.194 bits per heavy atom. The Labute approximate surface area is 743 Å². The van der Waals surface area contributed by atoms with Crippen molar-refractivity contribution in [3.63, 3.8) is 0 Å². The number of rotatable bonds is 74. The number of amides is 14. The maximum Gasteiger partial charge on any atom is 0.243 e. The van der Waals surface area contributed by atoms with Gasteiger partial charge in [-0.05, 0) is 248 Å². The van der Waals surface area contributed by atoms with Gasteiger partial charge in [-0.1, -0.05) is 155 Å². The van der Waals surface area contributed by atoms with E-state index in [9.17, 15) is 67.1 Å². The largest absolute Gasteiger partial charge is 0.368 e. The van der Waals surface area contributed by atoms with Crippen LogP contribution in [0.5, 0.6) is 0 Å². The zero-order chi connectivity index (χ0) is 93.8. The number of hydrogen-bond acceptors (Lipinski definition) is 20. The van der Waals surface area contributed by atoms with Crippen LogP contribution in [0.4, 0.5) is 0 Å². The minimum absolute atomic E-state index is 0.00421. The molecule has 0 fully saturated rings. The van der Waals surface area contributed by atoms with Crippen molar-refractivity contribution in [1.29, 1.82) is 0 Å². The molecule has 13 atom stereocenters. The Kier molecular flexibility index (Phi) is 64.3. The third-order valence-corrected chi connectivity index (χ3v) is 21.4. The molecule has 0 spiro atoms. The van der Waals surface area contributed by atoms with Gasteiger partial charge in [-0.3, -0.25) is 67.1 Å². The third kappa shape index (κ3) is 53.7. The first-order valence-electron chi connectivity index (χ1n) is 47.2. The number of carbonyl (C=O) groups excluding carboxylic acids is 14. The topological polar surface area (TPSA) is 578 Å². The minimum atomic E-state index is -1.30. The van der Waals surface area contributed by atoms with Crippen molar-refractivity contribution in [3.8, 4) is 0 Å². The number of nitrogens with two attached hydrogens (primary N) is 7. The molecule has 0 aliphatic rings. The van der Waals surface area contributed by atoms with E-state index >= 15 is 0 Å². The van der Waals surface area contributed by atoms with E-state index in [0.717, 1.165) is 19.3 Å². The summed E-state index contributed by atoms with van der Waals surface area (Å²) in [6.45, 7) is 29.9. The van der Waals surface area contributed by atoms with Gasteiger partial charge >= 0.3 is 0 Å². The second kappa shape index (κ2) is 68.5. The van der Waals surface area contributed by atoms with E-state index in [1.807, 2.05) is 96.9 Å². The highest BCUT2D eigenvalue weighted by molar-refractivity contribution is 6.00. The molecule has 14 amide bonds. The van der Waals surface area contributed by atoms with E-state index in [2.05, 4.69) is 76.0 Å². The molecule has 0 saturated heterocycles. The fraction of sp³-hybridized carbons (Fsp3) is 0.844. The lowest BCUT2D eigenvalue weighted by Crippen LogP contribution is -2.61. The molecule has 0 saturated carbocycles. The van der Waals surface area contributed by atoms with Gasteiger partial charge in [0, 0.05) is 6.42 Å². The van der Waals surface area contributed by atoms with E-state index in [1.54, 1.807) is 0 Å². The van der Waals surface area contributed by atoms with Gasteiger partial charge in [0.15, 0.2) is 0 Å². The van der Waals surface area contributed by atoms with Crippen LogP contribution in [0, 0.1) is 41.4 Å². The Morgan fingerprint density at radius 2 is 0.347 bits per heavy atom. The monoisotopic (exact) mass is 1760 g/mol. The summed E-state index contributed by atoms with van der Waals surface area (Å²) in [6.07, 6.45) is 16.9. The molecule has 27 N–H and O–H groups in total. The molecule has 0 aromatic heterocycles. The average molecular weight is 1760 g/mol. The van der Waals surface area contributed by atoms with Gasteiger partial charge in [0.2, 0.25) is 82.7 Å². The van der Waals surface area contributed by atoms with E-state index in [-0.39, 0.29) is 150 Å². The number of nitrogens with one attached hydrogen (secondary N) is 13. The van der Waals surface area contributed by atoms with Gasteiger partial charge in [-0.15, -0.1) is 0 Å². The van der Waals surface area contributed by atoms with Gasteiger partial charge in [0.25, 0.3) is 0 Å². The molecular weight excluding hydrogens is 1590 g/mol. The lowest BCUT2D eigenvalue weighted by atomic mass is 9.98. The fourth-order valence-corrected chi connectivity index (χ4v) is 14.6. The van der Waals surface area contributed by atoms with Crippen LogP contribution < -0.4 is 109 Å². The van der Waals surface area contributed by atoms with Crippen molar-refractivity contribution in [1.82, 2.24) is 69.1 Å². The van der Waals surface area contributed by atoms with Crippen molar-refractivity contribution in [2.24, 2.45) is 81.6 Å². The molecule has 34 heteroatoms. The quantitative estimate of drug-likeness (QED) is 0.0364. The molecule has 0 bridgehead atoms. The highest BCUT2D eigenvalue weighted by atomic mass is 16.2. The Bertz CT molecular complexity index is 3090. The SMILES string of the molecule is CCCCCCCCCCCC(=O)N[C@H](CC(C)C)C(=O)N[C@@H](CCCCN)C(=O)N[C@@H](CCCCN)C(=O)N[C@H](CC(C)C)C(=O)N[C@H](CC(C)C)C(=O)N[C@H](CC(C)C)C(=O)N[C@@H](CCCCN)C(=O)N[C@@H](CCCCN)C(=O)N[C@H](CC(C)C)C(=O)N[C@H](CC(C)C)C(=O)N[C@@H](CCCCN)C(=O)N[C@@H](CCCCN)C(=O)N[C@H](CC(C)C)C(N)=O. The Hall–Kier alpha value is -7.66. The molecule has 0 unspecified atom stereocenters. The highest BCUT2D eigenvalue weighted by Gasteiger charge is 2.39. The van der Waals surface area contributed by atoms with Crippen LogP contribution in [0.3, 0.4) is 0 Å². The predicted octanol–water partition coefficient (Wildman–Crippen LogP) is 4.79. The molecule has 0 aromatic rings. The zero-order valence-electron chi connectivity index (χ0n) is 78.8. The Morgan fingerprint density at radius 3 is 0.524 bits per heavy atom. The summed E-state index contributed by atoms with van der Waals surface area (Å²) in [5.74, 6) is -10.4. The molecule has 0 aliphatic carbocycles. The smallest absolute Gasteiger partial charge is 0.243 e. The number of primary amides is 1. The van der Waals surface area contributed by atoms with E-state index in [1.165, 1.54) is 32.1 Å². The summed E-state index contributed by atoms with van der Waals surface area (Å²) in [5.41, 5.74) is 41.0. The van der Waals surface area contributed by atoms with Gasteiger partial charge in [-0.25, -0.2) is 0 Å². The van der Waals surface area contributed by atoms with Crippen LogP contribution in [-0.4, -0.2) is 201 Å². The molecule has 124 heavy (non-hydrogen) atoms. The number of carbonyl (C=O) groups is 14. The predicted molar refractivity (Wildman–Crippen MR) is 490 cm³/mol. The van der Waals surface area contributed by atoms with Crippen molar-refractivity contribution in [2.75, 3.05) is 39.3 Å². The van der Waals surface area contributed by atoms with Crippen LogP contribution in [0.15, 0.2) is 0 Å². The van der Waals surface area contributed by atoms with Crippen molar-refractivity contribution in [2.45, 2.75) is 407 Å². The zero-order valence-corrected chi connectivity index (χ0v) is 78.8. The summed E-state index contributed by atoms with van der Waals surface area (Å²) in [5, 5.41) is 37.0. The van der Waals surface area contributed by atoms with Crippen molar-refractivity contribution in [3.05, 3.63) is 0 Å². The van der Waals surface area contributed by atoms with Crippen LogP contribution in [0.25, 0.3) is 0 Å². The molecule has 34 nitrogen and oxygen atoms in total. The standard InChI is InChI=1S/C90H174N20O14/c1-16-17-18-19-20-21-22-23-24-43-77(111)98-71(51-58(4)5)85(119)102-64(37-25-31-44-91)79(113)100-68(41-29-35-48-95)83(117)107-75(55-62(12)13)89(123)110-76(56-63(14)15)90(124)109-73(53-60(8)9)87(121)104-66(39-27-33-46-93)81(115)101-69(42-30-36-49-96)84(118)106-74(54-61(10)11)88(122)108-72(52-59(6)7)86(120)103-65(38-26-32-45-92)80(114)99-67(40-28-34-47-94)82(116)105-70(78(97)112)50-57(2)3/h57-76H,16-56,91-96H2,1-15H3,(H2,97,112)(H,98,111)(H,99,114)(H,100,113)(H,101,115)(H,102,119)(H,103,120)(H,104,121)(H,105,116)(H,106,118)(H,107,117)(H,108,122)(H,109,124)(H,110,123)/t64-,65-,66-,67-,68-,69-,70+,71+,72+,73+,74+,75+,76+/m0/s1. The van der Waals surface area contributed by atoms with Gasteiger partial charge < -0.3 is 109 Å². The summed E-state index contributed by atoms with van der Waals surface area (Å²) >= 11 is 0. The lowest BCUT2D eigenvalue weighted by Gasteiger charge is -2.30. The van der Waals surface area contributed by atoms with Crippen molar-refractivity contribution >= 4 is 82.7 Å². The molecule has 718 valence electrons. The second-order valence-electron chi connectivity index (χ2n) is 36.9. The molecule has 0 aromatic carbocycles. The first kappa shape index (κ1) is 116. The summed E-state index contributed by atoms with van der Waals surface area (Å²) in [6, 6.07) is -15.6. The van der Waals surface area contributed by atoms with Gasteiger partial charge in [0.1, 0.15) is 78.5 Å². The summed E-state index contributed by atoms with van der Waals surface area (Å²) in [4.78, 5) is 201. The first-order chi connectivity index (χ1) is 58.7. The average Bonchev–Trinajstić information content (AvgIpc) is 0.851. The van der Waals surface area contributed by atoms with E-state index < -0.39 is 155 Å². The van der Waals surface area contributed by atoms with Crippen LogP contribution in [-0.2, 0) is 67.1 Å². The third-order valence-electron chi connectivity index (χ3n) is 21.4. The van der Waals surface area contributed by atoms with Gasteiger partial charge in [0.05, 0.1) is 0 Å². The normalized spacial score (nSPS) is 14.8. The number of unbranched alkanes of at least 4 members (excludes halogenated alkanes) is 14. The number of hydrogen-bond donors (Lipinski definition) is 20. The Balaban J connectivity index is 7.29. The second-order valence-corrected chi connectivity index (χ2v) is 36.9.